The Hall–Kier alpha value is -1.21. The lowest BCUT2D eigenvalue weighted by Crippen LogP contribution is -2.33. The molecule has 1 aromatic rings. The predicted molar refractivity (Wildman–Crippen MR) is 92.7 cm³/mol. The van der Waals surface area contributed by atoms with E-state index in [1.54, 1.807) is 21.8 Å². The van der Waals surface area contributed by atoms with Crippen LogP contribution in [0.5, 0.6) is 0 Å². The lowest BCUT2D eigenvalue weighted by molar-refractivity contribution is -0.0393. The Kier molecular flexibility index (Phi) is 5.58. The van der Waals surface area contributed by atoms with Crippen molar-refractivity contribution in [2.75, 3.05) is 37.1 Å². The Morgan fingerprint density at radius 3 is 2.19 bits per heavy atom. The van der Waals surface area contributed by atoms with E-state index in [-0.39, 0.29) is 19.3 Å². The summed E-state index contributed by atoms with van der Waals surface area (Å²) in [6, 6.07) is 1.78. The summed E-state index contributed by atoms with van der Waals surface area (Å²) in [5.74, 6) is 0.584. The molecule has 2 aliphatic heterocycles. The molecule has 3 rings (SSSR count). The Morgan fingerprint density at radius 2 is 1.69 bits per heavy atom. The van der Waals surface area contributed by atoms with Crippen LogP contribution >= 0.6 is 0 Å². The average molecular weight is 409 g/mol. The molecule has 2 fully saturated rings. The van der Waals surface area contributed by atoms with Gasteiger partial charge >= 0.3 is 0 Å². The third kappa shape index (κ3) is 5.16. The Labute approximate surface area is 153 Å². The van der Waals surface area contributed by atoms with Gasteiger partial charge in [-0.1, -0.05) is 0 Å². The van der Waals surface area contributed by atoms with E-state index in [0.717, 1.165) is 31.8 Å². The molecule has 12 heteroatoms. The topological polar surface area (TPSA) is 117 Å². The van der Waals surface area contributed by atoms with E-state index in [0.29, 0.717) is 12.4 Å². The summed E-state index contributed by atoms with van der Waals surface area (Å²) in [7, 11) is -7.52. The van der Waals surface area contributed by atoms with Crippen molar-refractivity contribution in [2.24, 2.45) is 0 Å². The van der Waals surface area contributed by atoms with E-state index in [2.05, 4.69) is 5.10 Å². The minimum atomic E-state index is -3.76. The monoisotopic (exact) mass is 409 g/mol. The highest BCUT2D eigenvalue weighted by molar-refractivity contribution is 7.86. The first-order valence-corrected chi connectivity index (χ1v) is 11.9. The zero-order valence-electron chi connectivity index (χ0n) is 14.6. The van der Waals surface area contributed by atoms with Gasteiger partial charge in [0.1, 0.15) is 18.4 Å². The van der Waals surface area contributed by atoms with E-state index in [1.165, 1.54) is 0 Å². The third-order valence-electron chi connectivity index (χ3n) is 4.18. The van der Waals surface area contributed by atoms with E-state index in [9.17, 15) is 16.8 Å². The molecule has 1 aromatic heterocycles. The first-order chi connectivity index (χ1) is 12.1. The molecule has 0 spiro atoms. The summed E-state index contributed by atoms with van der Waals surface area (Å²) in [6.07, 6.45) is 4.62. The van der Waals surface area contributed by atoms with Gasteiger partial charge in [0.2, 0.25) is 0 Å². The van der Waals surface area contributed by atoms with Crippen molar-refractivity contribution in [3.8, 4) is 0 Å². The molecule has 26 heavy (non-hydrogen) atoms. The molecular weight excluding hydrogens is 386 g/mol. The van der Waals surface area contributed by atoms with E-state index < -0.39 is 32.4 Å². The van der Waals surface area contributed by atoms with Gasteiger partial charge < -0.3 is 9.64 Å². The lowest BCUT2D eigenvalue weighted by Gasteiger charge is -2.23. The van der Waals surface area contributed by atoms with E-state index >= 15 is 0 Å². The molecule has 2 saturated heterocycles. The van der Waals surface area contributed by atoms with Crippen molar-refractivity contribution in [3.05, 3.63) is 12.3 Å². The van der Waals surface area contributed by atoms with Crippen LogP contribution in [-0.2, 0) is 33.3 Å². The molecule has 3 heterocycles. The van der Waals surface area contributed by atoms with Gasteiger partial charge in [0.25, 0.3) is 20.2 Å². The van der Waals surface area contributed by atoms with Crippen LogP contribution in [0.25, 0.3) is 0 Å². The molecule has 10 nitrogen and oxygen atoms in total. The smallest absolute Gasteiger partial charge is 0.264 e. The molecule has 0 radical (unpaired) electrons. The molecule has 0 saturated carbocycles. The van der Waals surface area contributed by atoms with Gasteiger partial charge in [-0.15, -0.1) is 0 Å². The maximum atomic E-state index is 11.5. The number of rotatable bonds is 6. The zero-order chi connectivity index (χ0) is 18.9. The maximum absolute atomic E-state index is 11.5. The zero-order valence-corrected chi connectivity index (χ0v) is 16.3. The highest BCUT2D eigenvalue weighted by Gasteiger charge is 2.40. The van der Waals surface area contributed by atoms with Crippen LogP contribution in [-0.4, -0.2) is 71.0 Å². The molecular formula is C14H23N3O7S2. The van der Waals surface area contributed by atoms with Crippen molar-refractivity contribution in [1.29, 1.82) is 0 Å². The van der Waals surface area contributed by atoms with Crippen LogP contribution in [0.4, 0.5) is 5.82 Å². The standard InChI is InChI=1S/C14H23N3O7S2/c1-25(18,19)23-11-9-16(10-12(11)24-26(2,20)21)13-6-7-17(15-13)14-5-3-4-8-22-14/h6-7,11-12,14H,3-5,8-10H2,1-2H3. The normalized spacial score (nSPS) is 27.8. The lowest BCUT2D eigenvalue weighted by atomic mass is 10.2. The van der Waals surface area contributed by atoms with Gasteiger partial charge in [-0.3, -0.25) is 8.37 Å². The largest absolute Gasteiger partial charge is 0.357 e. The Balaban J connectivity index is 1.75. The minimum Gasteiger partial charge on any atom is -0.357 e. The Morgan fingerprint density at radius 1 is 1.08 bits per heavy atom. The van der Waals surface area contributed by atoms with Crippen LogP contribution < -0.4 is 4.90 Å². The van der Waals surface area contributed by atoms with Crippen molar-refractivity contribution in [1.82, 2.24) is 9.78 Å². The number of nitrogens with zero attached hydrogens (tertiary/aromatic N) is 3. The van der Waals surface area contributed by atoms with Crippen LogP contribution in [0.15, 0.2) is 12.3 Å². The second-order valence-corrected chi connectivity index (χ2v) is 9.76. The van der Waals surface area contributed by atoms with Crippen LogP contribution in [0.2, 0.25) is 0 Å². The van der Waals surface area contributed by atoms with Gasteiger partial charge in [-0.25, -0.2) is 4.68 Å². The van der Waals surface area contributed by atoms with Gasteiger partial charge in [-0.05, 0) is 19.3 Å². The molecule has 0 bridgehead atoms. The molecule has 148 valence electrons. The first-order valence-electron chi connectivity index (χ1n) is 8.29. The van der Waals surface area contributed by atoms with E-state index in [4.69, 9.17) is 13.1 Å². The molecule has 3 unspecified atom stereocenters. The highest BCUT2D eigenvalue weighted by Crippen LogP contribution is 2.27. The SMILES string of the molecule is CS(=O)(=O)OC1CN(c2ccn(C3CCCCO3)n2)CC1OS(C)(=O)=O. The highest BCUT2D eigenvalue weighted by atomic mass is 32.2. The molecule has 3 atom stereocenters. The Bertz CT molecular complexity index is 788. The van der Waals surface area contributed by atoms with E-state index in [1.807, 2.05) is 0 Å². The second kappa shape index (κ2) is 7.43. The van der Waals surface area contributed by atoms with Crippen LogP contribution in [0, 0.1) is 0 Å². The van der Waals surface area contributed by atoms with Crippen molar-refractivity contribution in [2.45, 2.75) is 37.7 Å². The number of hydrogen-bond acceptors (Lipinski definition) is 9. The summed E-state index contributed by atoms with van der Waals surface area (Å²) in [4.78, 5) is 1.74. The van der Waals surface area contributed by atoms with Crippen molar-refractivity contribution >= 4 is 26.1 Å². The van der Waals surface area contributed by atoms with Crippen molar-refractivity contribution in [3.63, 3.8) is 0 Å². The molecule has 0 amide bonds. The number of anilines is 1. The summed E-state index contributed by atoms with van der Waals surface area (Å²) >= 11 is 0. The third-order valence-corrected chi connectivity index (χ3v) is 5.37. The number of ether oxygens (including phenoxy) is 1. The molecule has 0 aliphatic carbocycles. The van der Waals surface area contributed by atoms with Gasteiger partial charge in [-0.2, -0.15) is 21.9 Å². The fraction of sp³-hybridized carbons (Fsp3) is 0.786. The summed E-state index contributed by atoms with van der Waals surface area (Å²) in [5, 5.41) is 4.49. The fourth-order valence-electron chi connectivity index (χ4n) is 3.15. The van der Waals surface area contributed by atoms with Crippen molar-refractivity contribution < 1.29 is 29.9 Å². The molecule has 0 aromatic carbocycles. The molecule has 2 aliphatic rings. The van der Waals surface area contributed by atoms with Crippen LogP contribution in [0.1, 0.15) is 25.5 Å². The summed E-state index contributed by atoms with van der Waals surface area (Å²) < 4.78 is 63.3. The predicted octanol–water partition coefficient (Wildman–Crippen LogP) is 0.0918. The van der Waals surface area contributed by atoms with Gasteiger partial charge in [0.15, 0.2) is 5.82 Å². The quantitative estimate of drug-likeness (QED) is 0.603. The average Bonchev–Trinajstić information content (AvgIpc) is 3.13. The fourth-order valence-corrected chi connectivity index (χ4v) is 4.42. The second-order valence-electron chi connectivity index (χ2n) is 6.56. The molecule has 0 N–H and O–H groups in total. The number of hydrogen-bond donors (Lipinski definition) is 0. The van der Waals surface area contributed by atoms with Crippen LogP contribution in [0.3, 0.4) is 0 Å². The maximum Gasteiger partial charge on any atom is 0.264 e. The summed E-state index contributed by atoms with van der Waals surface area (Å²) in [6.45, 7) is 0.990. The minimum absolute atomic E-state index is 0.119. The van der Waals surface area contributed by atoms with Gasteiger partial charge in [0.05, 0.1) is 12.5 Å². The summed E-state index contributed by atoms with van der Waals surface area (Å²) in [5.41, 5.74) is 0. The number of aromatic nitrogens is 2. The first kappa shape index (κ1) is 19.5. The van der Waals surface area contributed by atoms with Gasteiger partial charge in [0, 0.05) is 32.0 Å².